The van der Waals surface area contributed by atoms with Gasteiger partial charge in [0, 0.05) is 25.6 Å². The van der Waals surface area contributed by atoms with Crippen LogP contribution in [0.15, 0.2) is 0 Å². The van der Waals surface area contributed by atoms with E-state index in [9.17, 15) is 9.59 Å². The minimum atomic E-state index is -0.432. The monoisotopic (exact) mass is 359 g/mol. The molecule has 3 atom stereocenters. The van der Waals surface area contributed by atoms with Crippen LogP contribution in [0.5, 0.6) is 0 Å². The summed E-state index contributed by atoms with van der Waals surface area (Å²) >= 11 is 0. The quantitative estimate of drug-likeness (QED) is 0.791. The smallest absolute Gasteiger partial charge is 0.244 e. The van der Waals surface area contributed by atoms with E-state index < -0.39 is 6.04 Å². The van der Waals surface area contributed by atoms with Gasteiger partial charge in [-0.25, -0.2) is 0 Å². The molecule has 0 aromatic heterocycles. The van der Waals surface area contributed by atoms with Crippen molar-refractivity contribution in [3.8, 4) is 0 Å². The maximum Gasteiger partial charge on any atom is 0.244 e. The Balaban J connectivity index is 0.00000288. The summed E-state index contributed by atoms with van der Waals surface area (Å²) in [6, 6.07) is -0.320. The molecule has 1 saturated heterocycles. The Labute approximate surface area is 152 Å². The van der Waals surface area contributed by atoms with E-state index in [1.54, 1.807) is 6.92 Å². The molecule has 1 saturated carbocycles. The Kier molecular flexibility index (Phi) is 9.06. The van der Waals surface area contributed by atoms with Crippen molar-refractivity contribution < 1.29 is 9.59 Å². The third kappa shape index (κ3) is 6.25. The molecule has 2 fully saturated rings. The number of piperidine rings is 1. The Morgan fingerprint density at radius 3 is 2.42 bits per heavy atom. The van der Waals surface area contributed by atoms with Gasteiger partial charge in [-0.1, -0.05) is 19.3 Å². The maximum atomic E-state index is 12.6. The molecule has 24 heavy (non-hydrogen) atoms. The molecule has 3 N–H and O–H groups in total. The minimum absolute atomic E-state index is 0. The van der Waals surface area contributed by atoms with Gasteiger partial charge in [0.15, 0.2) is 0 Å². The molecule has 140 valence electrons. The van der Waals surface area contributed by atoms with Gasteiger partial charge in [-0.15, -0.1) is 12.4 Å². The van der Waals surface area contributed by atoms with Crippen LogP contribution in [-0.4, -0.2) is 41.9 Å². The lowest BCUT2D eigenvalue weighted by Gasteiger charge is -2.36. The van der Waals surface area contributed by atoms with Gasteiger partial charge in [0.2, 0.25) is 11.8 Å². The van der Waals surface area contributed by atoms with E-state index >= 15 is 0 Å². The zero-order valence-electron chi connectivity index (χ0n) is 15.1. The van der Waals surface area contributed by atoms with Crippen LogP contribution in [0.1, 0.15) is 65.2 Å². The van der Waals surface area contributed by atoms with Gasteiger partial charge in [-0.3, -0.25) is 9.59 Å². The van der Waals surface area contributed by atoms with Crippen molar-refractivity contribution >= 4 is 24.2 Å². The summed E-state index contributed by atoms with van der Waals surface area (Å²) in [7, 11) is 0. The van der Waals surface area contributed by atoms with Crippen LogP contribution in [0.25, 0.3) is 0 Å². The number of carbonyl (C=O) groups is 2. The number of nitrogens with two attached hydrogens (primary N) is 1. The first kappa shape index (κ1) is 21.2. The summed E-state index contributed by atoms with van der Waals surface area (Å²) in [6.07, 6.45) is 8.72. The number of rotatable bonds is 5. The molecule has 0 bridgehead atoms. The topological polar surface area (TPSA) is 75.4 Å². The van der Waals surface area contributed by atoms with Crippen LogP contribution in [0.3, 0.4) is 0 Å². The SMILES string of the molecule is CC(NC(=O)CC1CCCCC1)C(=O)N1CCCC(C(C)N)C1.Cl. The third-order valence-electron chi connectivity index (χ3n) is 5.46. The Hall–Kier alpha value is -0.810. The minimum Gasteiger partial charge on any atom is -0.345 e. The second-order valence-corrected chi connectivity index (χ2v) is 7.54. The number of likely N-dealkylation sites (tertiary alicyclic amines) is 1. The van der Waals surface area contributed by atoms with Crippen molar-refractivity contribution in [2.75, 3.05) is 13.1 Å². The number of nitrogens with zero attached hydrogens (tertiary/aromatic N) is 1. The predicted octanol–water partition coefficient (Wildman–Crippen LogP) is 2.47. The van der Waals surface area contributed by atoms with Crippen molar-refractivity contribution in [3.63, 3.8) is 0 Å². The van der Waals surface area contributed by atoms with Gasteiger partial charge >= 0.3 is 0 Å². The molecule has 5 nitrogen and oxygen atoms in total. The van der Waals surface area contributed by atoms with Crippen LogP contribution in [0.4, 0.5) is 0 Å². The van der Waals surface area contributed by atoms with Gasteiger partial charge in [-0.2, -0.15) is 0 Å². The van der Waals surface area contributed by atoms with Gasteiger partial charge in [-0.05, 0) is 51.4 Å². The molecular weight excluding hydrogens is 326 g/mol. The van der Waals surface area contributed by atoms with Gasteiger partial charge in [0.25, 0.3) is 0 Å². The Morgan fingerprint density at radius 1 is 1.12 bits per heavy atom. The van der Waals surface area contributed by atoms with Crippen molar-refractivity contribution in [1.29, 1.82) is 0 Å². The summed E-state index contributed by atoms with van der Waals surface area (Å²) in [5.74, 6) is 0.937. The fourth-order valence-corrected chi connectivity index (χ4v) is 3.93. The normalized spacial score (nSPS) is 24.6. The zero-order chi connectivity index (χ0) is 16.8. The lowest BCUT2D eigenvalue weighted by Crippen LogP contribution is -2.52. The van der Waals surface area contributed by atoms with E-state index in [2.05, 4.69) is 5.32 Å². The van der Waals surface area contributed by atoms with E-state index in [1.165, 1.54) is 19.3 Å². The molecular formula is C18H34ClN3O2. The first-order valence-corrected chi connectivity index (χ1v) is 9.31. The Morgan fingerprint density at radius 2 is 1.79 bits per heavy atom. The largest absolute Gasteiger partial charge is 0.345 e. The number of carbonyl (C=O) groups excluding carboxylic acids is 2. The molecule has 3 unspecified atom stereocenters. The lowest BCUT2D eigenvalue weighted by atomic mass is 9.87. The van der Waals surface area contributed by atoms with Crippen molar-refractivity contribution in [1.82, 2.24) is 10.2 Å². The van der Waals surface area contributed by atoms with Crippen LogP contribution >= 0.6 is 12.4 Å². The summed E-state index contributed by atoms with van der Waals surface area (Å²) in [5.41, 5.74) is 5.98. The van der Waals surface area contributed by atoms with Gasteiger partial charge in [0.1, 0.15) is 6.04 Å². The summed E-state index contributed by atoms with van der Waals surface area (Å²) in [6.45, 7) is 5.31. The van der Waals surface area contributed by atoms with E-state index in [0.717, 1.165) is 38.8 Å². The lowest BCUT2D eigenvalue weighted by molar-refractivity contribution is -0.137. The van der Waals surface area contributed by atoms with Crippen molar-refractivity contribution in [2.24, 2.45) is 17.6 Å². The zero-order valence-corrected chi connectivity index (χ0v) is 15.9. The van der Waals surface area contributed by atoms with Crippen molar-refractivity contribution in [3.05, 3.63) is 0 Å². The fraction of sp³-hybridized carbons (Fsp3) is 0.889. The summed E-state index contributed by atoms with van der Waals surface area (Å²) in [4.78, 5) is 26.6. The molecule has 1 aliphatic heterocycles. The highest BCUT2D eigenvalue weighted by Gasteiger charge is 2.29. The highest BCUT2D eigenvalue weighted by atomic mass is 35.5. The van der Waals surface area contributed by atoms with E-state index in [4.69, 9.17) is 5.73 Å². The molecule has 2 rings (SSSR count). The van der Waals surface area contributed by atoms with Gasteiger partial charge in [0.05, 0.1) is 0 Å². The molecule has 1 heterocycles. The first-order valence-electron chi connectivity index (χ1n) is 9.31. The maximum absolute atomic E-state index is 12.6. The number of nitrogens with one attached hydrogen (secondary N) is 1. The second kappa shape index (κ2) is 10.2. The molecule has 0 radical (unpaired) electrons. The Bertz CT molecular complexity index is 411. The highest BCUT2D eigenvalue weighted by Crippen LogP contribution is 2.26. The summed E-state index contributed by atoms with van der Waals surface area (Å²) in [5, 5.41) is 2.91. The molecule has 1 aliphatic carbocycles. The van der Waals surface area contributed by atoms with Crippen LogP contribution in [0.2, 0.25) is 0 Å². The predicted molar refractivity (Wildman–Crippen MR) is 99.0 cm³/mol. The molecule has 2 amide bonds. The van der Waals surface area contributed by atoms with E-state index in [1.807, 2.05) is 11.8 Å². The standard InChI is InChI=1S/C18H33N3O2.ClH/c1-13(19)16-9-6-10-21(12-16)18(23)14(2)20-17(22)11-15-7-4-3-5-8-15;/h13-16H,3-12,19H2,1-2H3,(H,20,22);1H. The fourth-order valence-electron chi connectivity index (χ4n) is 3.93. The average Bonchev–Trinajstić information content (AvgIpc) is 2.55. The first-order chi connectivity index (χ1) is 11.0. The highest BCUT2D eigenvalue weighted by molar-refractivity contribution is 5.87. The average molecular weight is 360 g/mol. The molecule has 0 aromatic rings. The van der Waals surface area contributed by atoms with Crippen LogP contribution < -0.4 is 11.1 Å². The van der Waals surface area contributed by atoms with Crippen LogP contribution in [-0.2, 0) is 9.59 Å². The third-order valence-corrected chi connectivity index (χ3v) is 5.46. The van der Waals surface area contributed by atoms with Crippen LogP contribution in [0, 0.1) is 11.8 Å². The molecule has 0 spiro atoms. The van der Waals surface area contributed by atoms with E-state index in [-0.39, 0.29) is 30.3 Å². The molecule has 2 aliphatic rings. The number of halogens is 1. The number of hydrogen-bond donors (Lipinski definition) is 2. The molecule has 6 heteroatoms. The number of hydrogen-bond acceptors (Lipinski definition) is 3. The molecule has 0 aromatic carbocycles. The second-order valence-electron chi connectivity index (χ2n) is 7.54. The summed E-state index contributed by atoms with van der Waals surface area (Å²) < 4.78 is 0. The number of amides is 2. The van der Waals surface area contributed by atoms with Crippen molar-refractivity contribution in [2.45, 2.75) is 77.3 Å². The van der Waals surface area contributed by atoms with Gasteiger partial charge < -0.3 is 16.0 Å². The van der Waals surface area contributed by atoms with E-state index in [0.29, 0.717) is 18.3 Å².